The van der Waals surface area contributed by atoms with E-state index in [0.29, 0.717) is 11.8 Å². The smallest absolute Gasteiger partial charge is 0.141 e. The topological polar surface area (TPSA) is 38.1 Å². The fraction of sp³-hybridized carbons (Fsp3) is 0.278. The second-order valence-electron chi connectivity index (χ2n) is 5.98. The van der Waals surface area contributed by atoms with Gasteiger partial charge < -0.3 is 9.67 Å². The van der Waals surface area contributed by atoms with Crippen molar-refractivity contribution in [3.63, 3.8) is 0 Å². The van der Waals surface area contributed by atoms with Gasteiger partial charge in [0.1, 0.15) is 11.6 Å². The Morgan fingerprint density at radius 3 is 2.71 bits per heavy atom. The van der Waals surface area contributed by atoms with Gasteiger partial charge >= 0.3 is 0 Å². The lowest BCUT2D eigenvalue weighted by molar-refractivity contribution is 0.471. The third-order valence-corrected chi connectivity index (χ3v) is 4.30. The Morgan fingerprint density at radius 1 is 1.14 bits per heavy atom. The summed E-state index contributed by atoms with van der Waals surface area (Å²) in [7, 11) is 0. The third kappa shape index (κ3) is 1.92. The van der Waals surface area contributed by atoms with E-state index in [-0.39, 0.29) is 0 Å². The van der Waals surface area contributed by atoms with Gasteiger partial charge in [0, 0.05) is 17.2 Å². The lowest BCUT2D eigenvalue weighted by atomic mass is 10.1. The molecule has 0 bridgehead atoms. The molecule has 1 N–H and O–H groups in total. The maximum atomic E-state index is 9.99. The highest BCUT2D eigenvalue weighted by atomic mass is 16.3. The molecule has 1 heterocycles. The molecule has 0 radical (unpaired) electrons. The van der Waals surface area contributed by atoms with Crippen LogP contribution in [0.1, 0.15) is 30.0 Å². The molecule has 0 unspecified atom stereocenters. The average molecular weight is 278 g/mol. The Morgan fingerprint density at radius 2 is 1.95 bits per heavy atom. The second-order valence-corrected chi connectivity index (χ2v) is 5.98. The molecule has 106 valence electrons. The first-order chi connectivity index (χ1) is 10.1. The van der Waals surface area contributed by atoms with Crippen LogP contribution in [0.5, 0.6) is 5.75 Å². The van der Waals surface area contributed by atoms with E-state index in [1.807, 2.05) is 19.1 Å². The molecular weight excluding hydrogens is 260 g/mol. The summed E-state index contributed by atoms with van der Waals surface area (Å²) in [5.41, 5.74) is 5.38. The van der Waals surface area contributed by atoms with E-state index in [9.17, 15) is 5.11 Å². The molecule has 1 saturated carbocycles. The van der Waals surface area contributed by atoms with Crippen molar-refractivity contribution in [1.82, 2.24) is 9.55 Å². The average Bonchev–Trinajstić information content (AvgIpc) is 3.23. The number of rotatable bonds is 2. The van der Waals surface area contributed by atoms with Crippen molar-refractivity contribution in [2.24, 2.45) is 0 Å². The summed E-state index contributed by atoms with van der Waals surface area (Å²) in [6.45, 7) is 4.04. The van der Waals surface area contributed by atoms with E-state index in [1.165, 1.54) is 23.9 Å². The first-order valence-corrected chi connectivity index (χ1v) is 7.42. The molecule has 21 heavy (non-hydrogen) atoms. The molecule has 0 atom stereocenters. The van der Waals surface area contributed by atoms with E-state index in [2.05, 4.69) is 29.7 Å². The zero-order chi connectivity index (χ0) is 14.6. The van der Waals surface area contributed by atoms with E-state index < -0.39 is 0 Å². The minimum absolute atomic E-state index is 0.332. The molecule has 0 aliphatic heterocycles. The molecule has 2 aromatic carbocycles. The fourth-order valence-electron chi connectivity index (χ4n) is 2.97. The van der Waals surface area contributed by atoms with Gasteiger partial charge in [-0.25, -0.2) is 4.98 Å². The molecule has 0 spiro atoms. The van der Waals surface area contributed by atoms with Crippen LogP contribution in [0.3, 0.4) is 0 Å². The molecule has 1 aromatic heterocycles. The van der Waals surface area contributed by atoms with Crippen LogP contribution < -0.4 is 0 Å². The van der Waals surface area contributed by atoms with E-state index in [4.69, 9.17) is 4.98 Å². The van der Waals surface area contributed by atoms with Crippen LogP contribution in [-0.4, -0.2) is 14.7 Å². The SMILES string of the molecule is Cc1ccc2c(c1)nc(-c1cccc(O)c1C)n2C1CC1. The number of benzene rings is 2. The van der Waals surface area contributed by atoms with Crippen LogP contribution >= 0.6 is 0 Å². The van der Waals surface area contributed by atoms with Crippen molar-refractivity contribution in [2.45, 2.75) is 32.7 Å². The molecule has 0 amide bonds. The summed E-state index contributed by atoms with van der Waals surface area (Å²) >= 11 is 0. The number of nitrogens with zero attached hydrogens (tertiary/aromatic N) is 2. The predicted octanol–water partition coefficient (Wildman–Crippen LogP) is 4.36. The summed E-state index contributed by atoms with van der Waals surface area (Å²) < 4.78 is 2.34. The lowest BCUT2D eigenvalue weighted by Crippen LogP contribution is -1.98. The van der Waals surface area contributed by atoms with Gasteiger partial charge in [-0.1, -0.05) is 18.2 Å². The standard InChI is InChI=1S/C18H18N2O/c1-11-6-9-16-15(10-11)19-18(20(16)13-7-8-13)14-4-3-5-17(21)12(14)2/h3-6,9-10,13,21H,7-8H2,1-2H3. The van der Waals surface area contributed by atoms with Crippen molar-refractivity contribution in [2.75, 3.05) is 0 Å². The summed E-state index contributed by atoms with van der Waals surface area (Å²) in [6, 6.07) is 12.7. The minimum atomic E-state index is 0.332. The molecule has 1 aliphatic carbocycles. The number of aromatic nitrogens is 2. The van der Waals surface area contributed by atoms with Crippen molar-refractivity contribution in [3.05, 3.63) is 47.5 Å². The predicted molar refractivity (Wildman–Crippen MR) is 84.6 cm³/mol. The molecule has 0 saturated heterocycles. The van der Waals surface area contributed by atoms with Crippen LogP contribution in [0.25, 0.3) is 22.4 Å². The summed E-state index contributed by atoms with van der Waals surface area (Å²) in [4.78, 5) is 4.86. The maximum absolute atomic E-state index is 9.99. The monoisotopic (exact) mass is 278 g/mol. The Balaban J connectivity index is 2.03. The molecule has 1 fully saturated rings. The van der Waals surface area contributed by atoms with E-state index in [0.717, 1.165) is 22.5 Å². The van der Waals surface area contributed by atoms with Gasteiger partial charge in [0.05, 0.1) is 11.0 Å². The van der Waals surface area contributed by atoms with Crippen LogP contribution in [0.15, 0.2) is 36.4 Å². The number of phenolic OH excluding ortho intramolecular Hbond substituents is 1. The van der Waals surface area contributed by atoms with Crippen LogP contribution in [0.4, 0.5) is 0 Å². The molecular formula is C18H18N2O. The molecule has 3 heteroatoms. The summed E-state index contributed by atoms with van der Waals surface area (Å²) in [6.07, 6.45) is 2.42. The highest BCUT2D eigenvalue weighted by molar-refractivity contribution is 5.82. The molecule has 4 rings (SSSR count). The van der Waals surface area contributed by atoms with E-state index >= 15 is 0 Å². The van der Waals surface area contributed by atoms with Crippen molar-refractivity contribution in [1.29, 1.82) is 0 Å². The highest BCUT2D eigenvalue weighted by Gasteiger charge is 2.29. The Bertz CT molecular complexity index is 844. The molecule has 1 aliphatic rings. The quantitative estimate of drug-likeness (QED) is 0.756. The van der Waals surface area contributed by atoms with Gasteiger partial charge in [0.15, 0.2) is 0 Å². The van der Waals surface area contributed by atoms with Crippen LogP contribution in [0.2, 0.25) is 0 Å². The zero-order valence-electron chi connectivity index (χ0n) is 12.3. The number of phenols is 1. The normalized spacial score (nSPS) is 14.8. The van der Waals surface area contributed by atoms with Crippen molar-refractivity contribution in [3.8, 4) is 17.1 Å². The van der Waals surface area contributed by atoms with Gasteiger partial charge in [-0.2, -0.15) is 0 Å². The maximum Gasteiger partial charge on any atom is 0.141 e. The summed E-state index contributed by atoms with van der Waals surface area (Å²) in [5, 5.41) is 9.99. The number of aryl methyl sites for hydroxylation is 1. The first kappa shape index (κ1) is 12.5. The van der Waals surface area contributed by atoms with Gasteiger partial charge in [-0.3, -0.25) is 0 Å². The van der Waals surface area contributed by atoms with Gasteiger partial charge in [-0.05, 0) is 50.5 Å². The second kappa shape index (κ2) is 4.35. The largest absolute Gasteiger partial charge is 0.508 e. The number of fused-ring (bicyclic) bond motifs is 1. The van der Waals surface area contributed by atoms with Crippen LogP contribution in [0, 0.1) is 13.8 Å². The highest BCUT2D eigenvalue weighted by Crippen LogP contribution is 2.42. The Labute approximate surface area is 123 Å². The minimum Gasteiger partial charge on any atom is -0.508 e. The number of hydrogen-bond acceptors (Lipinski definition) is 2. The fourth-order valence-corrected chi connectivity index (χ4v) is 2.97. The zero-order valence-corrected chi connectivity index (χ0v) is 12.3. The molecule has 3 nitrogen and oxygen atoms in total. The first-order valence-electron chi connectivity index (χ1n) is 7.42. The number of aromatic hydroxyl groups is 1. The van der Waals surface area contributed by atoms with Gasteiger partial charge in [0.2, 0.25) is 0 Å². The van der Waals surface area contributed by atoms with Gasteiger partial charge in [-0.15, -0.1) is 0 Å². The van der Waals surface area contributed by atoms with Gasteiger partial charge in [0.25, 0.3) is 0 Å². The van der Waals surface area contributed by atoms with Crippen molar-refractivity contribution < 1.29 is 5.11 Å². The van der Waals surface area contributed by atoms with E-state index in [1.54, 1.807) is 6.07 Å². The molecule has 3 aromatic rings. The Hall–Kier alpha value is -2.29. The third-order valence-electron chi connectivity index (χ3n) is 4.30. The lowest BCUT2D eigenvalue weighted by Gasteiger charge is -2.10. The summed E-state index contributed by atoms with van der Waals surface area (Å²) in [5.74, 6) is 1.31. The Kier molecular flexibility index (Phi) is 2.58. The van der Waals surface area contributed by atoms with Crippen LogP contribution in [-0.2, 0) is 0 Å². The number of hydrogen-bond donors (Lipinski definition) is 1. The van der Waals surface area contributed by atoms with Crippen molar-refractivity contribution >= 4 is 11.0 Å². The number of imidazole rings is 1.